The number of carbonyl (C=O) groups is 2. The number of rotatable bonds is 4. The maximum atomic E-state index is 11.6. The molecule has 0 aromatic carbocycles. The smallest absolute Gasteiger partial charge is 0.410 e. The van der Waals surface area contributed by atoms with Gasteiger partial charge in [-0.2, -0.15) is 0 Å². The van der Waals surface area contributed by atoms with Crippen LogP contribution in [0.1, 0.15) is 19.8 Å². The third-order valence-electron chi connectivity index (χ3n) is 2.68. The van der Waals surface area contributed by atoms with Crippen LogP contribution in [0, 0.1) is 5.92 Å². The monoisotopic (exact) mass is 227 g/mol. The number of carboxylic acids is 1. The van der Waals surface area contributed by atoms with Crippen LogP contribution in [0.4, 0.5) is 4.79 Å². The lowest BCUT2D eigenvalue weighted by Crippen LogP contribution is -2.34. The van der Waals surface area contributed by atoms with Crippen LogP contribution in [0.2, 0.25) is 0 Å². The molecule has 0 aromatic heterocycles. The van der Waals surface area contributed by atoms with E-state index < -0.39 is 5.97 Å². The molecule has 1 aliphatic heterocycles. The number of hydrogen-bond donors (Lipinski definition) is 1. The van der Waals surface area contributed by atoms with Crippen molar-refractivity contribution in [1.29, 1.82) is 0 Å². The molecule has 1 amide bonds. The van der Waals surface area contributed by atoms with Crippen LogP contribution in [0.25, 0.3) is 0 Å². The van der Waals surface area contributed by atoms with Gasteiger partial charge in [-0.05, 0) is 19.3 Å². The molecule has 1 aliphatic rings. The number of hydrogen-bond acceptors (Lipinski definition) is 3. The summed E-state index contributed by atoms with van der Waals surface area (Å²) in [7, 11) is 0. The fourth-order valence-corrected chi connectivity index (χ4v) is 2.00. The quantitative estimate of drug-likeness (QED) is 0.739. The first-order chi connectivity index (χ1) is 7.54. The van der Waals surface area contributed by atoms with E-state index in [-0.39, 0.29) is 31.1 Å². The van der Waals surface area contributed by atoms with Crippen LogP contribution in [-0.2, 0) is 9.53 Å². The van der Waals surface area contributed by atoms with E-state index in [0.29, 0.717) is 6.54 Å². The Kier molecular flexibility index (Phi) is 4.34. The zero-order valence-corrected chi connectivity index (χ0v) is 9.39. The molecule has 1 rings (SSSR count). The minimum Gasteiger partial charge on any atom is -0.481 e. The van der Waals surface area contributed by atoms with E-state index in [1.807, 2.05) is 6.92 Å². The van der Waals surface area contributed by atoms with Gasteiger partial charge in [0.1, 0.15) is 6.61 Å². The Hall–Kier alpha value is -1.52. The van der Waals surface area contributed by atoms with Gasteiger partial charge < -0.3 is 14.7 Å². The molecule has 0 saturated carbocycles. The summed E-state index contributed by atoms with van der Waals surface area (Å²) in [5.41, 5.74) is 0. The average molecular weight is 227 g/mol. The molecule has 0 aliphatic carbocycles. The number of nitrogens with zero attached hydrogens (tertiary/aromatic N) is 1. The molecule has 5 heteroatoms. The van der Waals surface area contributed by atoms with Crippen molar-refractivity contribution in [2.24, 2.45) is 5.92 Å². The fourth-order valence-electron chi connectivity index (χ4n) is 2.00. The number of amides is 1. The fraction of sp³-hybridized carbons (Fsp3) is 0.636. The van der Waals surface area contributed by atoms with Gasteiger partial charge in [0.25, 0.3) is 0 Å². The van der Waals surface area contributed by atoms with Gasteiger partial charge in [-0.15, -0.1) is 0 Å². The van der Waals surface area contributed by atoms with Gasteiger partial charge in [-0.25, -0.2) is 4.79 Å². The maximum Gasteiger partial charge on any atom is 0.410 e. The van der Waals surface area contributed by atoms with Crippen molar-refractivity contribution in [3.63, 3.8) is 0 Å². The van der Waals surface area contributed by atoms with Gasteiger partial charge in [0.05, 0.1) is 0 Å². The second kappa shape index (κ2) is 5.53. The zero-order chi connectivity index (χ0) is 12.1. The first-order valence-electron chi connectivity index (χ1n) is 5.30. The summed E-state index contributed by atoms with van der Waals surface area (Å²) in [6.45, 7) is 6.01. The predicted molar refractivity (Wildman–Crippen MR) is 58.1 cm³/mol. The molecule has 16 heavy (non-hydrogen) atoms. The minimum absolute atomic E-state index is 0.0313. The van der Waals surface area contributed by atoms with Crippen molar-refractivity contribution >= 4 is 12.1 Å². The Morgan fingerprint density at radius 2 is 2.31 bits per heavy atom. The Labute approximate surface area is 94.7 Å². The van der Waals surface area contributed by atoms with Gasteiger partial charge in [0.2, 0.25) is 0 Å². The molecule has 90 valence electrons. The van der Waals surface area contributed by atoms with Gasteiger partial charge >= 0.3 is 12.1 Å². The molecule has 0 aromatic rings. The van der Waals surface area contributed by atoms with E-state index in [4.69, 9.17) is 9.84 Å². The van der Waals surface area contributed by atoms with E-state index in [1.54, 1.807) is 4.90 Å². The highest BCUT2D eigenvalue weighted by molar-refractivity contribution is 5.70. The summed E-state index contributed by atoms with van der Waals surface area (Å²) < 4.78 is 4.92. The molecule has 1 heterocycles. The molecule has 1 fully saturated rings. The highest BCUT2D eigenvalue weighted by atomic mass is 16.6. The number of carbonyl (C=O) groups excluding carboxylic acids is 1. The van der Waals surface area contributed by atoms with Crippen molar-refractivity contribution in [2.45, 2.75) is 25.8 Å². The molecule has 0 spiro atoms. The summed E-state index contributed by atoms with van der Waals surface area (Å²) in [6.07, 6.45) is 1.94. The minimum atomic E-state index is -0.821. The summed E-state index contributed by atoms with van der Waals surface area (Å²) in [5, 5.41) is 8.68. The van der Waals surface area contributed by atoms with Crippen molar-refractivity contribution in [2.75, 3.05) is 13.2 Å². The van der Waals surface area contributed by atoms with E-state index in [9.17, 15) is 9.59 Å². The lowest BCUT2D eigenvalue weighted by Gasteiger charge is -2.20. The Morgan fingerprint density at radius 3 is 2.88 bits per heavy atom. The third kappa shape index (κ3) is 3.25. The Bertz CT molecular complexity index is 290. The van der Waals surface area contributed by atoms with Crippen molar-refractivity contribution < 1.29 is 19.4 Å². The number of aliphatic carboxylic acids is 1. The highest BCUT2D eigenvalue weighted by Crippen LogP contribution is 2.26. The molecule has 2 unspecified atom stereocenters. The second-order valence-electron chi connectivity index (χ2n) is 4.07. The van der Waals surface area contributed by atoms with Gasteiger partial charge in [0, 0.05) is 19.0 Å². The Morgan fingerprint density at radius 1 is 1.62 bits per heavy atom. The predicted octanol–water partition coefficient (Wildman–Crippen LogP) is 1.49. The SMILES string of the molecule is C=CCOC(=O)N1CC(CC(=O)O)CC1C. The lowest BCUT2D eigenvalue weighted by atomic mass is 10.0. The van der Waals surface area contributed by atoms with Crippen LogP contribution < -0.4 is 0 Å². The molecule has 2 atom stereocenters. The van der Waals surface area contributed by atoms with Crippen LogP contribution in [0.5, 0.6) is 0 Å². The zero-order valence-electron chi connectivity index (χ0n) is 9.39. The molecule has 0 bridgehead atoms. The number of carboxylic acid groups (broad SMARTS) is 1. The number of ether oxygens (including phenoxy) is 1. The highest BCUT2D eigenvalue weighted by Gasteiger charge is 2.34. The standard InChI is InChI=1S/C11H17NO4/c1-3-4-16-11(15)12-7-9(5-8(12)2)6-10(13)14/h3,8-9H,1,4-7H2,2H3,(H,13,14). The first kappa shape index (κ1) is 12.5. The van der Waals surface area contributed by atoms with E-state index in [0.717, 1.165) is 6.42 Å². The van der Waals surface area contributed by atoms with Gasteiger partial charge in [-0.1, -0.05) is 12.7 Å². The largest absolute Gasteiger partial charge is 0.481 e. The van der Waals surface area contributed by atoms with Crippen molar-refractivity contribution in [3.05, 3.63) is 12.7 Å². The molecule has 5 nitrogen and oxygen atoms in total. The van der Waals surface area contributed by atoms with Gasteiger partial charge in [-0.3, -0.25) is 4.79 Å². The van der Waals surface area contributed by atoms with Crippen molar-refractivity contribution in [1.82, 2.24) is 4.90 Å². The molecular weight excluding hydrogens is 210 g/mol. The maximum absolute atomic E-state index is 11.6. The van der Waals surface area contributed by atoms with Crippen LogP contribution in [-0.4, -0.2) is 41.3 Å². The van der Waals surface area contributed by atoms with Crippen LogP contribution >= 0.6 is 0 Å². The van der Waals surface area contributed by atoms with Crippen LogP contribution in [0.3, 0.4) is 0 Å². The molecular formula is C11H17NO4. The second-order valence-corrected chi connectivity index (χ2v) is 4.07. The number of likely N-dealkylation sites (tertiary alicyclic amines) is 1. The van der Waals surface area contributed by atoms with Crippen molar-refractivity contribution in [3.8, 4) is 0 Å². The molecule has 1 saturated heterocycles. The van der Waals surface area contributed by atoms with Gasteiger partial charge in [0.15, 0.2) is 0 Å². The average Bonchev–Trinajstić information content (AvgIpc) is 2.54. The topological polar surface area (TPSA) is 66.8 Å². The lowest BCUT2D eigenvalue weighted by molar-refractivity contribution is -0.138. The summed E-state index contributed by atoms with van der Waals surface area (Å²) in [4.78, 5) is 23.7. The summed E-state index contributed by atoms with van der Waals surface area (Å²) >= 11 is 0. The first-order valence-corrected chi connectivity index (χ1v) is 5.30. The Balaban J connectivity index is 2.46. The third-order valence-corrected chi connectivity index (χ3v) is 2.68. The van der Waals surface area contributed by atoms with E-state index in [1.165, 1.54) is 6.08 Å². The van der Waals surface area contributed by atoms with E-state index >= 15 is 0 Å². The summed E-state index contributed by atoms with van der Waals surface area (Å²) in [6, 6.07) is 0.0432. The molecule has 1 N–H and O–H groups in total. The summed E-state index contributed by atoms with van der Waals surface area (Å²) in [5.74, 6) is -0.790. The van der Waals surface area contributed by atoms with E-state index in [2.05, 4.69) is 6.58 Å². The molecule has 0 radical (unpaired) electrons. The normalized spacial score (nSPS) is 24.2. The van der Waals surface area contributed by atoms with Crippen LogP contribution in [0.15, 0.2) is 12.7 Å².